The molecule has 36 heavy (non-hydrogen) atoms. The van der Waals surface area contributed by atoms with Gasteiger partial charge in [0.05, 0.1) is 19.4 Å². The average molecular weight is 485 g/mol. The summed E-state index contributed by atoms with van der Waals surface area (Å²) in [6.07, 6.45) is 7.96. The van der Waals surface area contributed by atoms with E-state index in [4.69, 9.17) is 4.74 Å². The Balaban J connectivity index is 1.40. The Morgan fingerprint density at radius 1 is 1.11 bits per heavy atom. The maximum Gasteiger partial charge on any atom is 0.271 e. The van der Waals surface area contributed by atoms with Crippen molar-refractivity contribution in [1.82, 2.24) is 30.1 Å². The third-order valence-electron chi connectivity index (χ3n) is 7.53. The van der Waals surface area contributed by atoms with Crippen molar-refractivity contribution in [1.29, 1.82) is 0 Å². The zero-order valence-corrected chi connectivity index (χ0v) is 20.1. The van der Waals surface area contributed by atoms with Crippen molar-refractivity contribution in [2.75, 3.05) is 7.11 Å². The smallest absolute Gasteiger partial charge is 0.271 e. The van der Waals surface area contributed by atoms with Crippen LogP contribution in [-0.4, -0.2) is 55.1 Å². The zero-order valence-electron chi connectivity index (χ0n) is 20.1. The van der Waals surface area contributed by atoms with Crippen LogP contribution in [0.4, 0.5) is 0 Å². The Labute approximate surface area is 208 Å². The second-order valence-corrected chi connectivity index (χ2v) is 9.77. The number of methoxy groups -OCH3 is 1. The van der Waals surface area contributed by atoms with Crippen molar-refractivity contribution < 1.29 is 14.6 Å². The fraction of sp³-hybridized carbons (Fsp3) is 0.370. The number of fused-ring (bicyclic) bond motifs is 1. The fourth-order valence-corrected chi connectivity index (χ4v) is 5.31. The summed E-state index contributed by atoms with van der Waals surface area (Å²) in [5, 5.41) is 25.5. The number of carbonyl (C=O) groups is 1. The van der Waals surface area contributed by atoms with Gasteiger partial charge in [0.1, 0.15) is 17.8 Å². The van der Waals surface area contributed by atoms with Crippen LogP contribution in [0.15, 0.2) is 55.0 Å². The Hall–Kier alpha value is -3.85. The zero-order chi connectivity index (χ0) is 24.7. The van der Waals surface area contributed by atoms with Gasteiger partial charge in [-0.1, -0.05) is 18.2 Å². The number of aromatic nitrogens is 5. The van der Waals surface area contributed by atoms with Crippen LogP contribution in [-0.2, 0) is 5.41 Å². The Morgan fingerprint density at radius 3 is 2.61 bits per heavy atom. The van der Waals surface area contributed by atoms with Crippen molar-refractivity contribution in [2.45, 2.75) is 56.1 Å². The molecule has 2 aliphatic rings. The number of amides is 1. The van der Waals surface area contributed by atoms with E-state index in [1.807, 2.05) is 30.3 Å². The lowest BCUT2D eigenvalue weighted by Gasteiger charge is -2.26. The molecule has 4 aromatic rings. The summed E-state index contributed by atoms with van der Waals surface area (Å²) in [5.74, 6) is 1.16. The summed E-state index contributed by atoms with van der Waals surface area (Å²) in [6, 6.07) is 14.1. The van der Waals surface area contributed by atoms with E-state index in [9.17, 15) is 9.90 Å². The topological polar surface area (TPSA) is 115 Å². The molecule has 2 aromatic carbocycles. The predicted molar refractivity (Wildman–Crippen MR) is 133 cm³/mol. The number of carbonyl (C=O) groups excluding carboxylic acids is 1. The van der Waals surface area contributed by atoms with Crippen molar-refractivity contribution >= 4 is 11.7 Å². The minimum atomic E-state index is -0.257. The van der Waals surface area contributed by atoms with E-state index in [1.54, 1.807) is 17.8 Å². The molecule has 2 aromatic heterocycles. The Morgan fingerprint density at radius 2 is 1.89 bits per heavy atom. The number of aliphatic hydroxyl groups is 1. The number of hydrogen-bond donors (Lipinski definition) is 2. The third-order valence-corrected chi connectivity index (χ3v) is 7.53. The highest BCUT2D eigenvalue weighted by molar-refractivity contribution is 5.95. The van der Waals surface area contributed by atoms with Gasteiger partial charge in [-0.05, 0) is 73.9 Å². The molecule has 0 aliphatic heterocycles. The second-order valence-electron chi connectivity index (χ2n) is 9.77. The van der Waals surface area contributed by atoms with Crippen LogP contribution in [0.1, 0.15) is 60.0 Å². The van der Waals surface area contributed by atoms with Crippen LogP contribution in [0.2, 0.25) is 0 Å². The first-order valence-electron chi connectivity index (χ1n) is 12.4. The van der Waals surface area contributed by atoms with E-state index in [-0.39, 0.29) is 23.5 Å². The lowest BCUT2D eigenvalue weighted by Crippen LogP contribution is -2.38. The molecule has 0 radical (unpaired) electrons. The monoisotopic (exact) mass is 484 g/mol. The Bertz CT molecular complexity index is 1400. The quantitative estimate of drug-likeness (QED) is 0.431. The largest absolute Gasteiger partial charge is 0.497 e. The molecule has 184 valence electrons. The van der Waals surface area contributed by atoms with E-state index in [0.29, 0.717) is 17.0 Å². The van der Waals surface area contributed by atoms with E-state index in [1.165, 1.54) is 11.9 Å². The number of nitrogens with one attached hydrogen (secondary N) is 1. The molecule has 2 aliphatic carbocycles. The molecule has 2 fully saturated rings. The number of rotatable bonds is 6. The van der Waals surface area contributed by atoms with E-state index in [0.717, 1.165) is 55.4 Å². The first kappa shape index (κ1) is 22.6. The summed E-state index contributed by atoms with van der Waals surface area (Å²) in [6.45, 7) is 0. The molecule has 1 amide bonds. The van der Waals surface area contributed by atoms with Gasteiger partial charge < -0.3 is 15.2 Å². The highest BCUT2D eigenvalue weighted by Crippen LogP contribution is 2.56. The Kier molecular flexibility index (Phi) is 5.64. The van der Waals surface area contributed by atoms with Crippen LogP contribution in [0.25, 0.3) is 17.0 Å². The molecule has 9 nitrogen and oxygen atoms in total. The summed E-state index contributed by atoms with van der Waals surface area (Å²) in [5.41, 5.74) is 4.28. The minimum absolute atomic E-state index is 0.0857. The first-order chi connectivity index (χ1) is 17.6. The minimum Gasteiger partial charge on any atom is -0.497 e. The number of nitrogens with zero attached hydrogens (tertiary/aromatic N) is 5. The highest BCUT2D eigenvalue weighted by atomic mass is 16.5. The lowest BCUT2D eigenvalue weighted by atomic mass is 9.83. The van der Waals surface area contributed by atoms with Gasteiger partial charge in [-0.15, -0.1) is 10.2 Å². The molecule has 9 heteroatoms. The molecule has 2 N–H and O–H groups in total. The van der Waals surface area contributed by atoms with Crippen molar-refractivity contribution in [2.24, 2.45) is 0 Å². The molecule has 0 unspecified atom stereocenters. The SMILES string of the molecule is COc1ccc(C2(c3cc(C(=O)N[C@H]4CC[C@H](O)CC4)ccc3-c3cnc4nncn4n3)CC2)cc1. The van der Waals surface area contributed by atoms with Crippen LogP contribution in [0.5, 0.6) is 5.75 Å². The highest BCUT2D eigenvalue weighted by Gasteiger charge is 2.47. The summed E-state index contributed by atoms with van der Waals surface area (Å²) in [7, 11) is 1.66. The van der Waals surface area contributed by atoms with Crippen molar-refractivity contribution in [3.05, 3.63) is 71.7 Å². The molecule has 0 saturated heterocycles. The number of aliphatic hydroxyl groups excluding tert-OH is 1. The number of ether oxygens (including phenoxy) is 1. The average Bonchev–Trinajstić information content (AvgIpc) is 3.59. The van der Waals surface area contributed by atoms with Crippen LogP contribution >= 0.6 is 0 Å². The fourth-order valence-electron chi connectivity index (χ4n) is 5.31. The number of hydrogen-bond acceptors (Lipinski definition) is 7. The van der Waals surface area contributed by atoms with Gasteiger partial charge in [-0.3, -0.25) is 4.79 Å². The van der Waals surface area contributed by atoms with Gasteiger partial charge in [0.2, 0.25) is 0 Å². The molecule has 0 bridgehead atoms. The number of benzene rings is 2. The summed E-state index contributed by atoms with van der Waals surface area (Å²) >= 11 is 0. The van der Waals surface area contributed by atoms with Crippen LogP contribution in [0.3, 0.4) is 0 Å². The van der Waals surface area contributed by atoms with Gasteiger partial charge in [-0.25, -0.2) is 4.98 Å². The van der Waals surface area contributed by atoms with Gasteiger partial charge >= 0.3 is 0 Å². The third kappa shape index (κ3) is 4.09. The van der Waals surface area contributed by atoms with Gasteiger partial charge in [-0.2, -0.15) is 9.61 Å². The van der Waals surface area contributed by atoms with E-state index < -0.39 is 0 Å². The summed E-state index contributed by atoms with van der Waals surface area (Å²) < 4.78 is 6.92. The standard InChI is InChI=1S/C27H28N6O3/c1-36-21-9-3-18(4-10-21)27(12-13-27)23-14-17(25(35)30-19-5-7-20(34)8-6-19)2-11-22(23)24-15-28-26-31-29-16-33(26)32-24/h2-4,9-11,14-16,19-20,34H,5-8,12-13H2,1H3,(H,30,35)/t19-,20-. The maximum absolute atomic E-state index is 13.3. The molecule has 2 heterocycles. The maximum atomic E-state index is 13.3. The van der Waals surface area contributed by atoms with Crippen molar-refractivity contribution in [3.63, 3.8) is 0 Å². The molecule has 0 spiro atoms. The molecular formula is C27H28N6O3. The van der Waals surface area contributed by atoms with Crippen molar-refractivity contribution in [3.8, 4) is 17.0 Å². The van der Waals surface area contributed by atoms with Crippen LogP contribution in [0, 0.1) is 0 Å². The van der Waals surface area contributed by atoms with Crippen LogP contribution < -0.4 is 10.1 Å². The summed E-state index contributed by atoms with van der Waals surface area (Å²) in [4.78, 5) is 17.7. The second kappa shape index (κ2) is 8.98. The molecule has 2 saturated carbocycles. The lowest BCUT2D eigenvalue weighted by molar-refractivity contribution is 0.0867. The van der Waals surface area contributed by atoms with Gasteiger partial charge in [0.25, 0.3) is 11.7 Å². The van der Waals surface area contributed by atoms with Gasteiger partial charge in [0.15, 0.2) is 0 Å². The predicted octanol–water partition coefficient (Wildman–Crippen LogP) is 3.31. The van der Waals surface area contributed by atoms with E-state index in [2.05, 4.69) is 37.7 Å². The first-order valence-corrected chi connectivity index (χ1v) is 12.4. The molecule has 6 rings (SSSR count). The normalized spacial score (nSPS) is 20.7. The molecule has 0 atom stereocenters. The molecular weight excluding hydrogens is 456 g/mol. The van der Waals surface area contributed by atoms with Gasteiger partial charge in [0, 0.05) is 22.6 Å². The van der Waals surface area contributed by atoms with E-state index >= 15 is 0 Å².